The quantitative estimate of drug-likeness (QED) is 0.609. The van der Waals surface area contributed by atoms with Gasteiger partial charge in [0, 0.05) is 18.0 Å². The number of para-hydroxylation sites is 1. The second-order valence-corrected chi connectivity index (χ2v) is 8.83. The molecule has 0 saturated heterocycles. The van der Waals surface area contributed by atoms with E-state index in [9.17, 15) is 4.79 Å². The third-order valence-electron chi connectivity index (χ3n) is 6.57. The third kappa shape index (κ3) is 6.09. The van der Waals surface area contributed by atoms with Crippen LogP contribution in [0.15, 0.2) is 54.6 Å². The van der Waals surface area contributed by atoms with E-state index in [4.69, 9.17) is 4.74 Å². The maximum absolute atomic E-state index is 12.4. The van der Waals surface area contributed by atoms with Gasteiger partial charge in [0.1, 0.15) is 5.75 Å². The van der Waals surface area contributed by atoms with Crippen LogP contribution in [0, 0.1) is 6.92 Å². The van der Waals surface area contributed by atoms with E-state index >= 15 is 0 Å². The molecule has 0 bridgehead atoms. The van der Waals surface area contributed by atoms with E-state index in [1.807, 2.05) is 30.3 Å². The second kappa shape index (κ2) is 10.6. The first-order valence-electron chi connectivity index (χ1n) is 11.2. The van der Waals surface area contributed by atoms with Gasteiger partial charge in [-0.2, -0.15) is 0 Å². The Labute approximate surface area is 181 Å². The Balaban J connectivity index is 1.43. The van der Waals surface area contributed by atoms with Crippen LogP contribution in [0.2, 0.25) is 0 Å². The van der Waals surface area contributed by atoms with Gasteiger partial charge in [-0.05, 0) is 82.8 Å². The zero-order valence-corrected chi connectivity index (χ0v) is 18.7. The molecule has 0 aliphatic heterocycles. The van der Waals surface area contributed by atoms with Gasteiger partial charge < -0.3 is 15.0 Å². The van der Waals surface area contributed by atoms with Crippen LogP contribution in [0.5, 0.6) is 5.75 Å². The number of carbonyl (C=O) groups is 1. The molecule has 162 valence electrons. The standard InChI is InChI=1S/C26H36N2O2/c1-21-10-7-8-11-22(21)20-26(28(2)3)17-15-23(16-18-26)27-25(29)14-9-19-30-24-12-5-4-6-13-24/h4-8,10-13,23H,9,14-20H2,1-3H3,(H,27,29). The number of aryl methyl sites for hydroxylation is 1. The number of ether oxygens (including phenoxy) is 1. The van der Waals surface area contributed by atoms with Gasteiger partial charge in [0.25, 0.3) is 0 Å². The van der Waals surface area contributed by atoms with Crippen molar-refractivity contribution in [2.45, 2.75) is 63.5 Å². The smallest absolute Gasteiger partial charge is 0.220 e. The first-order chi connectivity index (χ1) is 14.5. The van der Waals surface area contributed by atoms with Crippen LogP contribution in [0.25, 0.3) is 0 Å². The van der Waals surface area contributed by atoms with Gasteiger partial charge in [-0.1, -0.05) is 42.5 Å². The van der Waals surface area contributed by atoms with Crippen LogP contribution in [0.4, 0.5) is 0 Å². The molecule has 30 heavy (non-hydrogen) atoms. The molecule has 1 fully saturated rings. The number of likely N-dealkylation sites (N-methyl/N-ethyl adjacent to an activating group) is 1. The summed E-state index contributed by atoms with van der Waals surface area (Å²) < 4.78 is 5.68. The van der Waals surface area contributed by atoms with E-state index in [0.29, 0.717) is 13.0 Å². The Hall–Kier alpha value is -2.33. The van der Waals surface area contributed by atoms with Gasteiger partial charge in [-0.25, -0.2) is 0 Å². The minimum atomic E-state index is 0.146. The number of amides is 1. The number of rotatable bonds is 9. The predicted octanol–water partition coefficient (Wildman–Crippen LogP) is 4.76. The lowest BCUT2D eigenvalue weighted by Crippen LogP contribution is -2.52. The molecule has 1 aliphatic rings. The fraction of sp³-hybridized carbons (Fsp3) is 0.500. The number of hydrogen-bond donors (Lipinski definition) is 1. The Morgan fingerprint density at radius 2 is 1.73 bits per heavy atom. The molecule has 2 aromatic carbocycles. The molecular weight excluding hydrogens is 372 g/mol. The van der Waals surface area contributed by atoms with Gasteiger partial charge in [-0.3, -0.25) is 4.79 Å². The second-order valence-electron chi connectivity index (χ2n) is 8.83. The largest absolute Gasteiger partial charge is 0.494 e. The molecule has 3 rings (SSSR count). The van der Waals surface area contributed by atoms with Gasteiger partial charge in [-0.15, -0.1) is 0 Å². The lowest BCUT2D eigenvalue weighted by atomic mass is 9.74. The van der Waals surface area contributed by atoms with Gasteiger partial charge in [0.05, 0.1) is 6.61 Å². The highest BCUT2D eigenvalue weighted by Crippen LogP contribution is 2.36. The number of nitrogens with one attached hydrogen (secondary N) is 1. The summed E-state index contributed by atoms with van der Waals surface area (Å²) in [5.74, 6) is 1.01. The predicted molar refractivity (Wildman–Crippen MR) is 123 cm³/mol. The summed E-state index contributed by atoms with van der Waals surface area (Å²) in [6, 6.07) is 18.8. The molecular formula is C26H36N2O2. The minimum absolute atomic E-state index is 0.146. The topological polar surface area (TPSA) is 41.6 Å². The Kier molecular flexibility index (Phi) is 7.92. The zero-order chi connectivity index (χ0) is 21.4. The summed E-state index contributed by atoms with van der Waals surface area (Å²) in [5, 5.41) is 3.26. The molecule has 0 unspecified atom stereocenters. The highest BCUT2D eigenvalue weighted by Gasteiger charge is 2.37. The summed E-state index contributed by atoms with van der Waals surface area (Å²) in [4.78, 5) is 14.8. The summed E-state index contributed by atoms with van der Waals surface area (Å²) in [5.41, 5.74) is 2.98. The Morgan fingerprint density at radius 1 is 1.07 bits per heavy atom. The van der Waals surface area contributed by atoms with Crippen LogP contribution in [-0.4, -0.2) is 43.1 Å². The Bertz CT molecular complexity index is 796. The van der Waals surface area contributed by atoms with Crippen LogP contribution < -0.4 is 10.1 Å². The summed E-state index contributed by atoms with van der Waals surface area (Å²) >= 11 is 0. The van der Waals surface area contributed by atoms with E-state index in [1.165, 1.54) is 11.1 Å². The van der Waals surface area contributed by atoms with Crippen molar-refractivity contribution in [3.8, 4) is 5.75 Å². The molecule has 0 radical (unpaired) electrons. The lowest BCUT2D eigenvalue weighted by molar-refractivity contribution is -0.122. The Morgan fingerprint density at radius 3 is 2.40 bits per heavy atom. The third-order valence-corrected chi connectivity index (χ3v) is 6.57. The zero-order valence-electron chi connectivity index (χ0n) is 18.7. The minimum Gasteiger partial charge on any atom is -0.494 e. The molecule has 1 amide bonds. The lowest BCUT2D eigenvalue weighted by Gasteiger charge is -2.45. The van der Waals surface area contributed by atoms with Crippen LogP contribution >= 0.6 is 0 Å². The fourth-order valence-corrected chi connectivity index (χ4v) is 4.48. The van der Waals surface area contributed by atoms with Crippen molar-refractivity contribution in [3.05, 3.63) is 65.7 Å². The van der Waals surface area contributed by atoms with Crippen molar-refractivity contribution in [1.29, 1.82) is 0 Å². The first kappa shape index (κ1) is 22.4. The number of carbonyl (C=O) groups excluding carboxylic acids is 1. The van der Waals surface area contributed by atoms with E-state index in [-0.39, 0.29) is 17.5 Å². The number of hydrogen-bond acceptors (Lipinski definition) is 3. The summed E-state index contributed by atoms with van der Waals surface area (Å²) in [6.45, 7) is 2.77. The molecule has 4 heteroatoms. The van der Waals surface area contributed by atoms with Crippen molar-refractivity contribution in [3.63, 3.8) is 0 Å². The van der Waals surface area contributed by atoms with Crippen LogP contribution in [0.3, 0.4) is 0 Å². The van der Waals surface area contributed by atoms with Crippen molar-refractivity contribution in [1.82, 2.24) is 10.2 Å². The van der Waals surface area contributed by atoms with Gasteiger partial charge >= 0.3 is 0 Å². The van der Waals surface area contributed by atoms with Crippen molar-refractivity contribution in [2.75, 3.05) is 20.7 Å². The first-order valence-corrected chi connectivity index (χ1v) is 11.2. The van der Waals surface area contributed by atoms with E-state index in [2.05, 4.69) is 55.5 Å². The highest BCUT2D eigenvalue weighted by molar-refractivity contribution is 5.76. The van der Waals surface area contributed by atoms with Crippen molar-refractivity contribution < 1.29 is 9.53 Å². The maximum Gasteiger partial charge on any atom is 0.220 e. The maximum atomic E-state index is 12.4. The molecule has 0 heterocycles. The molecule has 0 atom stereocenters. The molecule has 2 aromatic rings. The van der Waals surface area contributed by atoms with E-state index in [0.717, 1.165) is 44.3 Å². The summed E-state index contributed by atoms with van der Waals surface area (Å²) in [6.07, 6.45) is 6.62. The number of nitrogens with zero attached hydrogens (tertiary/aromatic N) is 1. The normalized spacial score (nSPS) is 21.4. The van der Waals surface area contributed by atoms with Crippen molar-refractivity contribution in [2.24, 2.45) is 0 Å². The summed E-state index contributed by atoms with van der Waals surface area (Å²) in [7, 11) is 4.40. The van der Waals surface area contributed by atoms with Crippen molar-refractivity contribution >= 4 is 5.91 Å². The average Bonchev–Trinajstić information content (AvgIpc) is 2.75. The fourth-order valence-electron chi connectivity index (χ4n) is 4.48. The molecule has 4 nitrogen and oxygen atoms in total. The average molecular weight is 409 g/mol. The molecule has 1 saturated carbocycles. The highest BCUT2D eigenvalue weighted by atomic mass is 16.5. The SMILES string of the molecule is Cc1ccccc1CC1(N(C)C)CCC(NC(=O)CCCOc2ccccc2)CC1. The van der Waals surface area contributed by atoms with Gasteiger partial charge in [0.15, 0.2) is 0 Å². The molecule has 0 aromatic heterocycles. The van der Waals surface area contributed by atoms with E-state index < -0.39 is 0 Å². The molecule has 1 aliphatic carbocycles. The van der Waals surface area contributed by atoms with Crippen LogP contribution in [-0.2, 0) is 11.2 Å². The van der Waals surface area contributed by atoms with Gasteiger partial charge in [0.2, 0.25) is 5.91 Å². The molecule has 0 spiro atoms. The monoisotopic (exact) mass is 408 g/mol. The number of benzene rings is 2. The molecule has 1 N–H and O–H groups in total. The van der Waals surface area contributed by atoms with Crippen LogP contribution in [0.1, 0.15) is 49.7 Å². The van der Waals surface area contributed by atoms with E-state index in [1.54, 1.807) is 0 Å².